The second-order valence-corrected chi connectivity index (χ2v) is 6.32. The number of carbonyl (C=O) groups is 3. The van der Waals surface area contributed by atoms with Gasteiger partial charge in [0.2, 0.25) is 0 Å². The number of hydrogen-bond acceptors (Lipinski definition) is 6. The van der Waals surface area contributed by atoms with Gasteiger partial charge >= 0.3 is 5.97 Å². The molecule has 2 aromatic carbocycles. The van der Waals surface area contributed by atoms with E-state index in [2.05, 4.69) is 5.48 Å². The van der Waals surface area contributed by atoms with Gasteiger partial charge in [-0.25, -0.2) is 9.69 Å². The van der Waals surface area contributed by atoms with E-state index in [-0.39, 0.29) is 16.8 Å². The van der Waals surface area contributed by atoms with Gasteiger partial charge in [0.1, 0.15) is 0 Å². The van der Waals surface area contributed by atoms with E-state index >= 15 is 0 Å². The van der Waals surface area contributed by atoms with Crippen LogP contribution in [0.1, 0.15) is 15.9 Å². The van der Waals surface area contributed by atoms with E-state index < -0.39 is 23.9 Å². The zero-order chi connectivity index (χ0) is 19.1. The smallest absolute Gasteiger partial charge is 0.339 e. The molecule has 136 valence electrons. The van der Waals surface area contributed by atoms with Gasteiger partial charge in [-0.1, -0.05) is 35.9 Å². The third-order valence-electron chi connectivity index (χ3n) is 4.37. The van der Waals surface area contributed by atoms with Crippen molar-refractivity contribution >= 4 is 40.8 Å². The summed E-state index contributed by atoms with van der Waals surface area (Å²) in [5, 5.41) is 0.544. The second kappa shape index (κ2) is 6.53. The van der Waals surface area contributed by atoms with Crippen LogP contribution in [0.15, 0.2) is 54.1 Å². The zero-order valence-corrected chi connectivity index (χ0v) is 14.8. The molecule has 2 aliphatic rings. The molecule has 0 bridgehead atoms. The molecule has 1 atom stereocenters. The fraction of sp³-hybridized carbons (Fsp3) is 0.105. The van der Waals surface area contributed by atoms with E-state index in [1.165, 1.54) is 19.2 Å². The monoisotopic (exact) mass is 384 g/mol. The number of rotatable bonds is 3. The molecule has 27 heavy (non-hydrogen) atoms. The lowest BCUT2D eigenvalue weighted by atomic mass is 10.1. The Kier molecular flexibility index (Phi) is 4.18. The van der Waals surface area contributed by atoms with Crippen molar-refractivity contribution in [2.24, 2.45) is 0 Å². The number of amides is 2. The van der Waals surface area contributed by atoms with Crippen molar-refractivity contribution in [1.29, 1.82) is 0 Å². The standard InChI is InChI=1S/C19H13ClN2O5/c1-26-19(25)12-4-2-3-5-13(12)22-17(23)14-15(21-27-16(14)18(22)24)10-6-8-11(20)9-7-10/h2-9,16,21H,1H3/t16-/m1/s1. The van der Waals surface area contributed by atoms with Gasteiger partial charge in [0.05, 0.1) is 29.6 Å². The normalized spacial score (nSPS) is 18.6. The first-order valence-electron chi connectivity index (χ1n) is 8.00. The third kappa shape index (κ3) is 2.68. The topological polar surface area (TPSA) is 84.9 Å². The fourth-order valence-electron chi connectivity index (χ4n) is 3.10. The highest BCUT2D eigenvalue weighted by Gasteiger charge is 2.51. The molecule has 2 amide bonds. The average Bonchev–Trinajstić information content (AvgIpc) is 3.22. The lowest BCUT2D eigenvalue weighted by Crippen LogP contribution is -2.35. The Hall–Kier alpha value is -3.16. The van der Waals surface area contributed by atoms with Gasteiger partial charge in [0, 0.05) is 10.6 Å². The molecular weight excluding hydrogens is 372 g/mol. The molecule has 0 aliphatic carbocycles. The minimum atomic E-state index is -1.09. The van der Waals surface area contributed by atoms with Crippen molar-refractivity contribution in [3.05, 3.63) is 70.3 Å². The Morgan fingerprint density at radius 2 is 1.85 bits per heavy atom. The highest BCUT2D eigenvalue weighted by molar-refractivity contribution is 6.34. The minimum Gasteiger partial charge on any atom is -0.465 e. The molecule has 0 saturated carbocycles. The van der Waals surface area contributed by atoms with Crippen LogP contribution in [0.2, 0.25) is 5.02 Å². The summed E-state index contributed by atoms with van der Waals surface area (Å²) in [6.45, 7) is 0. The molecular formula is C19H13ClN2O5. The highest BCUT2D eigenvalue weighted by Crippen LogP contribution is 2.37. The SMILES string of the molecule is COC(=O)c1ccccc1N1C(=O)C2=C(c3ccc(Cl)cc3)NO[C@H]2C1=O. The van der Waals surface area contributed by atoms with Gasteiger partial charge in [-0.15, -0.1) is 0 Å². The summed E-state index contributed by atoms with van der Waals surface area (Å²) in [6, 6.07) is 13.0. The van der Waals surface area contributed by atoms with Crippen LogP contribution in [-0.2, 0) is 19.2 Å². The second-order valence-electron chi connectivity index (χ2n) is 5.88. The molecule has 0 unspecified atom stereocenters. The predicted octanol–water partition coefficient (Wildman–Crippen LogP) is 2.31. The van der Waals surface area contributed by atoms with Crippen molar-refractivity contribution in [2.45, 2.75) is 6.10 Å². The van der Waals surface area contributed by atoms with Crippen molar-refractivity contribution in [2.75, 3.05) is 12.0 Å². The van der Waals surface area contributed by atoms with Gasteiger partial charge in [0.25, 0.3) is 11.8 Å². The van der Waals surface area contributed by atoms with Gasteiger partial charge in [-0.05, 0) is 24.3 Å². The van der Waals surface area contributed by atoms with Gasteiger partial charge in [-0.2, -0.15) is 0 Å². The number of imide groups is 1. The Balaban J connectivity index is 1.81. The number of nitrogens with zero attached hydrogens (tertiary/aromatic N) is 1. The van der Waals surface area contributed by atoms with E-state index in [0.717, 1.165) is 4.90 Å². The maximum absolute atomic E-state index is 13.1. The summed E-state index contributed by atoms with van der Waals surface area (Å²) in [5.74, 6) is -1.78. The average molecular weight is 385 g/mol. The summed E-state index contributed by atoms with van der Waals surface area (Å²) in [4.78, 5) is 44.2. The number of ether oxygens (including phenoxy) is 1. The molecule has 1 saturated heterocycles. The van der Waals surface area contributed by atoms with Crippen LogP contribution in [-0.4, -0.2) is 31.0 Å². The molecule has 7 nitrogen and oxygen atoms in total. The summed E-state index contributed by atoms with van der Waals surface area (Å²) in [5.41, 5.74) is 4.15. The maximum Gasteiger partial charge on any atom is 0.339 e. The molecule has 0 aromatic heterocycles. The van der Waals surface area contributed by atoms with Gasteiger partial charge in [-0.3, -0.25) is 19.9 Å². The molecule has 8 heteroatoms. The first kappa shape index (κ1) is 17.3. The Morgan fingerprint density at radius 1 is 1.15 bits per heavy atom. The Labute approximate surface area is 159 Å². The number of esters is 1. The van der Waals surface area contributed by atoms with Crippen LogP contribution in [0.5, 0.6) is 0 Å². The lowest BCUT2D eigenvalue weighted by molar-refractivity contribution is -0.127. The van der Waals surface area contributed by atoms with Crippen LogP contribution in [0.4, 0.5) is 5.69 Å². The third-order valence-corrected chi connectivity index (χ3v) is 4.62. The van der Waals surface area contributed by atoms with Crippen molar-refractivity contribution in [3.8, 4) is 0 Å². The molecule has 1 N–H and O–H groups in total. The number of fused-ring (bicyclic) bond motifs is 1. The number of hydroxylamine groups is 1. The van der Waals surface area contributed by atoms with Crippen molar-refractivity contribution < 1.29 is 24.0 Å². The van der Waals surface area contributed by atoms with E-state index in [9.17, 15) is 14.4 Å². The summed E-state index contributed by atoms with van der Waals surface area (Å²) in [7, 11) is 1.23. The highest BCUT2D eigenvalue weighted by atomic mass is 35.5. The first-order valence-corrected chi connectivity index (χ1v) is 8.38. The van der Waals surface area contributed by atoms with E-state index in [1.807, 2.05) is 0 Å². The molecule has 2 aromatic rings. The van der Waals surface area contributed by atoms with Crippen LogP contribution in [0, 0.1) is 0 Å². The first-order chi connectivity index (χ1) is 13.0. The largest absolute Gasteiger partial charge is 0.465 e. The summed E-state index contributed by atoms with van der Waals surface area (Å²) < 4.78 is 4.75. The number of methoxy groups -OCH3 is 1. The molecule has 2 heterocycles. The number of carbonyl (C=O) groups excluding carboxylic acids is 3. The van der Waals surface area contributed by atoms with Crippen LogP contribution < -0.4 is 10.4 Å². The molecule has 2 aliphatic heterocycles. The molecule has 1 fully saturated rings. The number of para-hydroxylation sites is 1. The van der Waals surface area contributed by atoms with Gasteiger partial charge in [0.15, 0.2) is 6.10 Å². The zero-order valence-electron chi connectivity index (χ0n) is 14.1. The number of anilines is 1. The van der Waals surface area contributed by atoms with E-state index in [0.29, 0.717) is 16.3 Å². The summed E-state index contributed by atoms with van der Waals surface area (Å²) >= 11 is 5.90. The fourth-order valence-corrected chi connectivity index (χ4v) is 3.23. The minimum absolute atomic E-state index is 0.114. The summed E-state index contributed by atoms with van der Waals surface area (Å²) in [6.07, 6.45) is -1.09. The van der Waals surface area contributed by atoms with E-state index in [1.54, 1.807) is 36.4 Å². The van der Waals surface area contributed by atoms with Crippen LogP contribution >= 0.6 is 11.6 Å². The van der Waals surface area contributed by atoms with Crippen LogP contribution in [0.25, 0.3) is 5.70 Å². The van der Waals surface area contributed by atoms with Gasteiger partial charge < -0.3 is 4.74 Å². The van der Waals surface area contributed by atoms with E-state index in [4.69, 9.17) is 21.2 Å². The van der Waals surface area contributed by atoms with Crippen molar-refractivity contribution in [1.82, 2.24) is 5.48 Å². The van der Waals surface area contributed by atoms with Crippen molar-refractivity contribution in [3.63, 3.8) is 0 Å². The number of hydrogen-bond donors (Lipinski definition) is 1. The molecule has 0 radical (unpaired) electrons. The number of halogens is 1. The predicted molar refractivity (Wildman–Crippen MR) is 96.7 cm³/mol. The quantitative estimate of drug-likeness (QED) is 0.645. The Morgan fingerprint density at radius 3 is 2.56 bits per heavy atom. The van der Waals surface area contributed by atoms with Crippen LogP contribution in [0.3, 0.4) is 0 Å². The number of nitrogens with one attached hydrogen (secondary N) is 1. The molecule has 4 rings (SSSR count). The maximum atomic E-state index is 13.1. The lowest BCUT2D eigenvalue weighted by Gasteiger charge is -2.18. The molecule has 0 spiro atoms. The Bertz CT molecular complexity index is 999. The number of benzene rings is 2.